The lowest BCUT2D eigenvalue weighted by atomic mass is 9.97. The number of halogens is 1. The first-order chi connectivity index (χ1) is 10.3. The van der Waals surface area contributed by atoms with Gasteiger partial charge in [0.05, 0.1) is 12.6 Å². The molecule has 0 spiro atoms. The molecule has 0 amide bonds. The van der Waals surface area contributed by atoms with Crippen LogP contribution in [0.5, 0.6) is 5.75 Å². The van der Waals surface area contributed by atoms with Gasteiger partial charge in [0.25, 0.3) is 0 Å². The van der Waals surface area contributed by atoms with Crippen molar-refractivity contribution in [3.8, 4) is 5.75 Å². The van der Waals surface area contributed by atoms with Gasteiger partial charge in [-0.2, -0.15) is 0 Å². The molecular formula is C18H22ClNO. The van der Waals surface area contributed by atoms with E-state index in [1.165, 1.54) is 0 Å². The van der Waals surface area contributed by atoms with Crippen molar-refractivity contribution in [1.29, 1.82) is 0 Å². The largest absolute Gasteiger partial charge is 0.493 e. The Morgan fingerprint density at radius 1 is 1.00 bits per heavy atom. The van der Waals surface area contributed by atoms with E-state index in [0.29, 0.717) is 0 Å². The molecule has 1 unspecified atom stereocenters. The van der Waals surface area contributed by atoms with Gasteiger partial charge in [0.2, 0.25) is 0 Å². The van der Waals surface area contributed by atoms with E-state index < -0.39 is 0 Å². The first-order valence-corrected chi connectivity index (χ1v) is 7.85. The summed E-state index contributed by atoms with van der Waals surface area (Å²) < 4.78 is 5.89. The summed E-state index contributed by atoms with van der Waals surface area (Å²) in [4.78, 5) is 0. The van der Waals surface area contributed by atoms with Gasteiger partial charge in [0.15, 0.2) is 0 Å². The van der Waals surface area contributed by atoms with Gasteiger partial charge < -0.3 is 10.1 Å². The molecule has 0 radical (unpaired) electrons. The smallest absolute Gasteiger partial charge is 0.124 e. The Balaban J connectivity index is 2.41. The molecule has 1 N–H and O–H groups in total. The second-order valence-electron chi connectivity index (χ2n) is 4.90. The van der Waals surface area contributed by atoms with Crippen LogP contribution in [0.15, 0.2) is 48.5 Å². The highest BCUT2D eigenvalue weighted by atomic mass is 35.5. The quantitative estimate of drug-likeness (QED) is 0.791. The summed E-state index contributed by atoms with van der Waals surface area (Å²) in [6.07, 6.45) is 0.992. The molecule has 0 saturated heterocycles. The molecule has 21 heavy (non-hydrogen) atoms. The van der Waals surface area contributed by atoms with Gasteiger partial charge in [-0.3, -0.25) is 0 Å². The number of benzene rings is 2. The van der Waals surface area contributed by atoms with Crippen LogP contribution >= 0.6 is 11.6 Å². The van der Waals surface area contributed by atoms with Crippen LogP contribution in [0.1, 0.15) is 37.4 Å². The van der Waals surface area contributed by atoms with Gasteiger partial charge in [-0.25, -0.2) is 0 Å². The molecule has 3 heteroatoms. The van der Waals surface area contributed by atoms with Crippen LogP contribution in [0.3, 0.4) is 0 Å². The van der Waals surface area contributed by atoms with Crippen LogP contribution < -0.4 is 10.1 Å². The predicted octanol–water partition coefficient (Wildman–Crippen LogP) is 4.83. The van der Waals surface area contributed by atoms with Crippen molar-refractivity contribution >= 4 is 11.6 Å². The Labute approximate surface area is 132 Å². The molecular weight excluding hydrogens is 282 g/mol. The van der Waals surface area contributed by atoms with Gasteiger partial charge in [0, 0.05) is 10.6 Å². The lowest BCUT2D eigenvalue weighted by Crippen LogP contribution is -2.23. The molecule has 0 aliphatic carbocycles. The lowest BCUT2D eigenvalue weighted by molar-refractivity contribution is 0.312. The van der Waals surface area contributed by atoms with E-state index >= 15 is 0 Å². The van der Waals surface area contributed by atoms with Crippen molar-refractivity contribution in [3.05, 3.63) is 64.7 Å². The highest BCUT2D eigenvalue weighted by molar-refractivity contribution is 6.31. The SMILES string of the molecule is CCCOc1ccccc1C(NCC)c1ccccc1Cl. The van der Waals surface area contributed by atoms with Crippen LogP contribution in [0.25, 0.3) is 0 Å². The second-order valence-corrected chi connectivity index (χ2v) is 5.31. The van der Waals surface area contributed by atoms with Crippen molar-refractivity contribution in [2.75, 3.05) is 13.2 Å². The summed E-state index contributed by atoms with van der Waals surface area (Å²) in [5.74, 6) is 0.921. The Morgan fingerprint density at radius 3 is 2.33 bits per heavy atom. The van der Waals surface area contributed by atoms with E-state index in [-0.39, 0.29) is 6.04 Å². The highest BCUT2D eigenvalue weighted by Crippen LogP contribution is 2.33. The molecule has 1 atom stereocenters. The van der Waals surface area contributed by atoms with Crippen LogP contribution in [0, 0.1) is 0 Å². The molecule has 2 aromatic carbocycles. The predicted molar refractivity (Wildman–Crippen MR) is 89.2 cm³/mol. The van der Waals surface area contributed by atoms with Gasteiger partial charge in [-0.05, 0) is 30.7 Å². The minimum Gasteiger partial charge on any atom is -0.493 e. The van der Waals surface area contributed by atoms with E-state index in [2.05, 4.69) is 31.3 Å². The number of hydrogen-bond acceptors (Lipinski definition) is 2. The Bertz CT molecular complexity index is 571. The monoisotopic (exact) mass is 303 g/mol. The van der Waals surface area contributed by atoms with Crippen LogP contribution in [0.4, 0.5) is 0 Å². The number of nitrogens with one attached hydrogen (secondary N) is 1. The van der Waals surface area contributed by atoms with Gasteiger partial charge >= 0.3 is 0 Å². The normalized spacial score (nSPS) is 12.1. The third-order valence-corrected chi connectivity index (χ3v) is 3.66. The molecule has 2 aromatic rings. The van der Waals surface area contributed by atoms with Crippen molar-refractivity contribution in [2.24, 2.45) is 0 Å². The molecule has 0 bridgehead atoms. The Morgan fingerprint density at radius 2 is 1.67 bits per heavy atom. The Kier molecular flexibility index (Phi) is 6.09. The summed E-state index contributed by atoms with van der Waals surface area (Å²) in [7, 11) is 0. The van der Waals surface area contributed by atoms with Crippen molar-refractivity contribution in [1.82, 2.24) is 5.32 Å². The Hall–Kier alpha value is -1.51. The van der Waals surface area contributed by atoms with E-state index in [9.17, 15) is 0 Å². The number of para-hydroxylation sites is 1. The van der Waals surface area contributed by atoms with Crippen LogP contribution in [-0.2, 0) is 0 Å². The topological polar surface area (TPSA) is 21.3 Å². The molecule has 0 aliphatic heterocycles. The van der Waals surface area contributed by atoms with Gasteiger partial charge in [-0.1, -0.05) is 61.8 Å². The zero-order valence-electron chi connectivity index (χ0n) is 12.6. The first-order valence-electron chi connectivity index (χ1n) is 7.47. The zero-order chi connectivity index (χ0) is 15.1. The van der Waals surface area contributed by atoms with E-state index in [1.54, 1.807) is 0 Å². The molecule has 0 aliphatic rings. The minimum absolute atomic E-state index is 0.0387. The van der Waals surface area contributed by atoms with E-state index in [4.69, 9.17) is 16.3 Å². The molecule has 2 rings (SSSR count). The summed E-state index contributed by atoms with van der Waals surface area (Å²) in [5.41, 5.74) is 2.20. The molecule has 0 fully saturated rings. The van der Waals surface area contributed by atoms with Crippen molar-refractivity contribution in [3.63, 3.8) is 0 Å². The molecule has 0 saturated carbocycles. The zero-order valence-corrected chi connectivity index (χ0v) is 13.4. The molecule has 0 heterocycles. The summed E-state index contributed by atoms with van der Waals surface area (Å²) in [6.45, 7) is 5.79. The number of rotatable bonds is 7. The van der Waals surface area contributed by atoms with Crippen LogP contribution in [-0.4, -0.2) is 13.2 Å². The standard InChI is InChI=1S/C18H22ClNO/c1-3-13-21-17-12-8-6-10-15(17)18(20-4-2)14-9-5-7-11-16(14)19/h5-12,18,20H,3-4,13H2,1-2H3. The summed E-state index contributed by atoms with van der Waals surface area (Å²) in [5, 5.41) is 4.28. The summed E-state index contributed by atoms with van der Waals surface area (Å²) >= 11 is 6.38. The first kappa shape index (κ1) is 15.9. The van der Waals surface area contributed by atoms with E-state index in [1.807, 2.05) is 36.4 Å². The van der Waals surface area contributed by atoms with Crippen molar-refractivity contribution in [2.45, 2.75) is 26.3 Å². The number of hydrogen-bond donors (Lipinski definition) is 1. The maximum absolute atomic E-state index is 6.38. The average Bonchev–Trinajstić information content (AvgIpc) is 2.52. The maximum atomic E-state index is 6.38. The van der Waals surface area contributed by atoms with E-state index in [0.717, 1.165) is 41.5 Å². The lowest BCUT2D eigenvalue weighted by Gasteiger charge is -2.22. The third kappa shape index (κ3) is 3.99. The van der Waals surface area contributed by atoms with Gasteiger partial charge in [-0.15, -0.1) is 0 Å². The fraction of sp³-hybridized carbons (Fsp3) is 0.333. The van der Waals surface area contributed by atoms with Crippen molar-refractivity contribution < 1.29 is 4.74 Å². The fourth-order valence-corrected chi connectivity index (χ4v) is 2.61. The third-order valence-electron chi connectivity index (χ3n) is 3.32. The number of ether oxygens (including phenoxy) is 1. The maximum Gasteiger partial charge on any atom is 0.124 e. The fourth-order valence-electron chi connectivity index (χ4n) is 2.36. The van der Waals surface area contributed by atoms with Gasteiger partial charge in [0.1, 0.15) is 5.75 Å². The highest BCUT2D eigenvalue weighted by Gasteiger charge is 2.19. The summed E-state index contributed by atoms with van der Waals surface area (Å²) in [6, 6.07) is 16.2. The minimum atomic E-state index is 0.0387. The molecule has 112 valence electrons. The second kappa shape index (κ2) is 8.06. The molecule has 2 nitrogen and oxygen atoms in total. The molecule has 0 aromatic heterocycles. The average molecular weight is 304 g/mol. The van der Waals surface area contributed by atoms with Crippen LogP contribution in [0.2, 0.25) is 5.02 Å².